The first-order valence-corrected chi connectivity index (χ1v) is 6.21. The number of amides is 2. The van der Waals surface area contributed by atoms with Gasteiger partial charge >= 0.3 is 0 Å². The van der Waals surface area contributed by atoms with Crippen LogP contribution in [0.2, 0.25) is 0 Å². The molecule has 1 unspecified atom stereocenters. The highest BCUT2D eigenvalue weighted by Crippen LogP contribution is 2.03. The summed E-state index contributed by atoms with van der Waals surface area (Å²) in [5, 5.41) is 5.37. The minimum absolute atomic E-state index is 0.0541. The Morgan fingerprint density at radius 2 is 1.82 bits per heavy atom. The van der Waals surface area contributed by atoms with Crippen LogP contribution in [0.15, 0.2) is 0 Å². The van der Waals surface area contributed by atoms with Gasteiger partial charge in [0.1, 0.15) is 0 Å². The fraction of sp³-hybridized carbons (Fsp3) is 0.833. The van der Waals surface area contributed by atoms with Crippen molar-refractivity contribution in [1.29, 1.82) is 0 Å². The molecule has 0 aliphatic heterocycles. The molecule has 0 aromatic rings. The lowest BCUT2D eigenvalue weighted by molar-refractivity contribution is -0.128. The average Bonchev–Trinajstić information content (AvgIpc) is 2.30. The van der Waals surface area contributed by atoms with Gasteiger partial charge in [-0.25, -0.2) is 0 Å². The van der Waals surface area contributed by atoms with E-state index in [0.717, 1.165) is 12.8 Å². The van der Waals surface area contributed by atoms with Crippen molar-refractivity contribution in [2.75, 3.05) is 19.6 Å². The molecule has 0 heterocycles. The highest BCUT2D eigenvalue weighted by atomic mass is 16.2. The van der Waals surface area contributed by atoms with E-state index in [4.69, 9.17) is 5.73 Å². The van der Waals surface area contributed by atoms with Gasteiger partial charge in [-0.05, 0) is 25.3 Å². The predicted octanol–water partition coefficient (Wildman–Crippen LogP) is 0.250. The molecule has 17 heavy (non-hydrogen) atoms. The second kappa shape index (κ2) is 8.98. The van der Waals surface area contributed by atoms with Crippen LogP contribution >= 0.6 is 0 Å². The van der Waals surface area contributed by atoms with E-state index >= 15 is 0 Å². The summed E-state index contributed by atoms with van der Waals surface area (Å²) in [7, 11) is 0. The van der Waals surface area contributed by atoms with E-state index in [0.29, 0.717) is 19.0 Å². The van der Waals surface area contributed by atoms with Crippen molar-refractivity contribution in [3.05, 3.63) is 0 Å². The third-order valence-electron chi connectivity index (χ3n) is 2.42. The van der Waals surface area contributed by atoms with Crippen LogP contribution in [0.25, 0.3) is 0 Å². The third-order valence-corrected chi connectivity index (χ3v) is 2.42. The van der Waals surface area contributed by atoms with Crippen LogP contribution in [0.5, 0.6) is 0 Å². The smallest absolute Gasteiger partial charge is 0.239 e. The summed E-state index contributed by atoms with van der Waals surface area (Å²) in [6, 6.07) is 0. The summed E-state index contributed by atoms with van der Waals surface area (Å²) in [4.78, 5) is 22.9. The van der Waals surface area contributed by atoms with Crippen LogP contribution in [-0.4, -0.2) is 31.4 Å². The number of hydrogen-bond acceptors (Lipinski definition) is 3. The number of carbonyl (C=O) groups is 2. The summed E-state index contributed by atoms with van der Waals surface area (Å²) in [5.41, 5.74) is 5.37. The molecule has 0 rings (SSSR count). The first-order valence-electron chi connectivity index (χ1n) is 6.21. The van der Waals surface area contributed by atoms with E-state index < -0.39 is 0 Å². The summed E-state index contributed by atoms with van der Waals surface area (Å²) >= 11 is 0. The largest absolute Gasteiger partial charge is 0.354 e. The normalized spacial score (nSPS) is 12.3. The van der Waals surface area contributed by atoms with Gasteiger partial charge in [0.15, 0.2) is 0 Å². The maximum absolute atomic E-state index is 11.6. The first kappa shape index (κ1) is 15.9. The van der Waals surface area contributed by atoms with E-state index in [9.17, 15) is 9.59 Å². The van der Waals surface area contributed by atoms with Gasteiger partial charge in [0.2, 0.25) is 11.8 Å². The SMILES string of the molecule is CC(C)CNC(=O)CNC(=O)C(C)CCCN. The predicted molar refractivity (Wildman–Crippen MR) is 68.3 cm³/mol. The summed E-state index contributed by atoms with van der Waals surface area (Å²) < 4.78 is 0. The number of nitrogens with two attached hydrogens (primary N) is 1. The van der Waals surface area contributed by atoms with E-state index in [1.165, 1.54) is 0 Å². The summed E-state index contributed by atoms with van der Waals surface area (Å²) in [6.07, 6.45) is 1.59. The number of rotatable bonds is 8. The van der Waals surface area contributed by atoms with E-state index in [-0.39, 0.29) is 24.3 Å². The zero-order valence-corrected chi connectivity index (χ0v) is 11.1. The monoisotopic (exact) mass is 243 g/mol. The molecule has 0 bridgehead atoms. The molecular weight excluding hydrogens is 218 g/mol. The zero-order valence-electron chi connectivity index (χ0n) is 11.1. The average molecular weight is 243 g/mol. The third kappa shape index (κ3) is 8.68. The number of hydrogen-bond donors (Lipinski definition) is 3. The highest BCUT2D eigenvalue weighted by Gasteiger charge is 2.13. The Hall–Kier alpha value is -1.10. The lowest BCUT2D eigenvalue weighted by Gasteiger charge is -2.12. The van der Waals surface area contributed by atoms with E-state index in [1.807, 2.05) is 20.8 Å². The van der Waals surface area contributed by atoms with Crippen LogP contribution in [0.4, 0.5) is 0 Å². The van der Waals surface area contributed by atoms with Crippen molar-refractivity contribution in [2.45, 2.75) is 33.6 Å². The molecule has 0 spiro atoms. The number of nitrogens with one attached hydrogen (secondary N) is 2. The van der Waals surface area contributed by atoms with Crippen molar-refractivity contribution < 1.29 is 9.59 Å². The number of carbonyl (C=O) groups excluding carboxylic acids is 2. The molecule has 0 radical (unpaired) electrons. The molecule has 0 saturated carbocycles. The van der Waals surface area contributed by atoms with Gasteiger partial charge in [-0.1, -0.05) is 20.8 Å². The Labute approximate surface area is 104 Å². The molecule has 1 atom stereocenters. The van der Waals surface area contributed by atoms with Crippen LogP contribution in [0, 0.1) is 11.8 Å². The van der Waals surface area contributed by atoms with E-state index in [1.54, 1.807) is 0 Å². The molecular formula is C12H25N3O2. The second-order valence-corrected chi connectivity index (χ2v) is 4.75. The standard InChI is InChI=1S/C12H25N3O2/c1-9(2)7-14-11(16)8-15-12(17)10(3)5-4-6-13/h9-10H,4-8,13H2,1-3H3,(H,14,16)(H,15,17). The summed E-state index contributed by atoms with van der Waals surface area (Å²) in [5.74, 6) is 0.103. The van der Waals surface area contributed by atoms with Crippen molar-refractivity contribution in [3.8, 4) is 0 Å². The Kier molecular flexibility index (Phi) is 8.40. The molecule has 0 saturated heterocycles. The lowest BCUT2D eigenvalue weighted by atomic mass is 10.1. The molecule has 0 aliphatic carbocycles. The van der Waals surface area contributed by atoms with Crippen molar-refractivity contribution >= 4 is 11.8 Å². The molecule has 5 heteroatoms. The Morgan fingerprint density at radius 1 is 1.18 bits per heavy atom. The maximum Gasteiger partial charge on any atom is 0.239 e. The molecule has 5 nitrogen and oxygen atoms in total. The van der Waals surface area contributed by atoms with Crippen molar-refractivity contribution in [2.24, 2.45) is 17.6 Å². The molecule has 0 aromatic heterocycles. The van der Waals surface area contributed by atoms with Crippen LogP contribution < -0.4 is 16.4 Å². The zero-order chi connectivity index (χ0) is 13.3. The van der Waals surface area contributed by atoms with Gasteiger partial charge in [-0.15, -0.1) is 0 Å². The van der Waals surface area contributed by atoms with Crippen LogP contribution in [-0.2, 0) is 9.59 Å². The van der Waals surface area contributed by atoms with Crippen molar-refractivity contribution in [1.82, 2.24) is 10.6 Å². The van der Waals surface area contributed by atoms with Gasteiger partial charge in [0.25, 0.3) is 0 Å². The Morgan fingerprint density at radius 3 is 2.35 bits per heavy atom. The van der Waals surface area contributed by atoms with Gasteiger partial charge in [-0.2, -0.15) is 0 Å². The molecule has 4 N–H and O–H groups in total. The maximum atomic E-state index is 11.6. The summed E-state index contributed by atoms with van der Waals surface area (Å²) in [6.45, 7) is 7.17. The molecule has 0 aliphatic rings. The van der Waals surface area contributed by atoms with Gasteiger partial charge in [0.05, 0.1) is 6.54 Å². The van der Waals surface area contributed by atoms with Crippen LogP contribution in [0.3, 0.4) is 0 Å². The van der Waals surface area contributed by atoms with Gasteiger partial charge < -0.3 is 16.4 Å². The van der Waals surface area contributed by atoms with Gasteiger partial charge in [-0.3, -0.25) is 9.59 Å². The minimum Gasteiger partial charge on any atom is -0.354 e. The van der Waals surface area contributed by atoms with Gasteiger partial charge in [0, 0.05) is 12.5 Å². The second-order valence-electron chi connectivity index (χ2n) is 4.75. The Bertz CT molecular complexity index is 242. The molecule has 0 aromatic carbocycles. The lowest BCUT2D eigenvalue weighted by Crippen LogP contribution is -2.40. The molecule has 100 valence electrons. The van der Waals surface area contributed by atoms with E-state index in [2.05, 4.69) is 10.6 Å². The fourth-order valence-corrected chi connectivity index (χ4v) is 1.28. The molecule has 0 fully saturated rings. The fourth-order valence-electron chi connectivity index (χ4n) is 1.28. The quantitative estimate of drug-likeness (QED) is 0.571. The molecule has 2 amide bonds. The first-order chi connectivity index (χ1) is 7.97. The van der Waals surface area contributed by atoms with Crippen molar-refractivity contribution in [3.63, 3.8) is 0 Å². The highest BCUT2D eigenvalue weighted by molar-refractivity contribution is 5.85. The topological polar surface area (TPSA) is 84.2 Å². The Balaban J connectivity index is 3.71. The van der Waals surface area contributed by atoms with Crippen LogP contribution in [0.1, 0.15) is 33.6 Å². The minimum atomic E-state index is -0.141.